The standard InChI is InChI=1S/C28H45IO2/c1-4-8-23(10-6-12-26(29)9-5-2)11-7-13-28(30)31-27-20-18-25(19-21-27)24-16-14-22(3)15-17-24/h18-24,26H,4-17H2,1-3H3. The van der Waals surface area contributed by atoms with E-state index in [9.17, 15) is 4.79 Å². The van der Waals surface area contributed by atoms with Gasteiger partial charge in [0.15, 0.2) is 0 Å². The molecule has 3 heteroatoms. The molecule has 1 aromatic carbocycles. The molecule has 0 N–H and O–H groups in total. The molecule has 0 amide bonds. The highest BCUT2D eigenvalue weighted by Crippen LogP contribution is 2.36. The van der Waals surface area contributed by atoms with Crippen molar-refractivity contribution in [2.75, 3.05) is 0 Å². The van der Waals surface area contributed by atoms with Crippen LogP contribution in [-0.2, 0) is 4.79 Å². The second-order valence-corrected chi connectivity index (χ2v) is 11.6. The Balaban J connectivity index is 1.67. The molecule has 1 saturated carbocycles. The second-order valence-electron chi connectivity index (χ2n) is 9.86. The quantitative estimate of drug-likeness (QED) is 0.102. The molecule has 1 fully saturated rings. The molecule has 0 aromatic heterocycles. The zero-order valence-electron chi connectivity index (χ0n) is 20.2. The van der Waals surface area contributed by atoms with Crippen molar-refractivity contribution >= 4 is 28.6 Å². The zero-order valence-corrected chi connectivity index (χ0v) is 22.4. The summed E-state index contributed by atoms with van der Waals surface area (Å²) < 4.78 is 6.44. The highest BCUT2D eigenvalue weighted by atomic mass is 127. The minimum atomic E-state index is -0.0789. The van der Waals surface area contributed by atoms with Gasteiger partial charge in [-0.25, -0.2) is 0 Å². The first-order valence-electron chi connectivity index (χ1n) is 13.0. The Labute approximate surface area is 205 Å². The second kappa shape index (κ2) is 15.3. The molecule has 0 radical (unpaired) electrons. The summed E-state index contributed by atoms with van der Waals surface area (Å²) in [7, 11) is 0. The predicted molar refractivity (Wildman–Crippen MR) is 141 cm³/mol. The van der Waals surface area contributed by atoms with Gasteiger partial charge in [-0.05, 0) is 74.0 Å². The Morgan fingerprint density at radius 3 is 2.23 bits per heavy atom. The summed E-state index contributed by atoms with van der Waals surface area (Å²) >= 11 is 2.61. The molecule has 2 nitrogen and oxygen atoms in total. The summed E-state index contributed by atoms with van der Waals surface area (Å²) in [5, 5.41) is 0. The fourth-order valence-corrected chi connectivity index (χ4v) is 6.11. The molecule has 2 atom stereocenters. The lowest BCUT2D eigenvalue weighted by Crippen LogP contribution is -2.11. The molecular formula is C28H45IO2. The molecule has 1 aliphatic rings. The minimum Gasteiger partial charge on any atom is -0.427 e. The van der Waals surface area contributed by atoms with Crippen molar-refractivity contribution in [3.8, 4) is 5.75 Å². The van der Waals surface area contributed by atoms with Gasteiger partial charge in [0, 0.05) is 10.3 Å². The Morgan fingerprint density at radius 1 is 0.935 bits per heavy atom. The average Bonchev–Trinajstić information content (AvgIpc) is 2.75. The van der Waals surface area contributed by atoms with Crippen molar-refractivity contribution in [2.45, 2.75) is 121 Å². The first-order chi connectivity index (χ1) is 15.0. The van der Waals surface area contributed by atoms with Crippen molar-refractivity contribution in [1.82, 2.24) is 0 Å². The third-order valence-corrected chi connectivity index (χ3v) is 8.27. The Morgan fingerprint density at radius 2 is 1.58 bits per heavy atom. The maximum Gasteiger partial charge on any atom is 0.311 e. The van der Waals surface area contributed by atoms with E-state index in [-0.39, 0.29) is 5.97 Å². The number of carbonyl (C=O) groups is 1. The number of ether oxygens (including phenoxy) is 1. The first-order valence-corrected chi connectivity index (χ1v) is 14.2. The van der Waals surface area contributed by atoms with E-state index >= 15 is 0 Å². The summed E-state index contributed by atoms with van der Waals surface area (Å²) in [6, 6.07) is 8.31. The molecule has 2 rings (SSSR count). The van der Waals surface area contributed by atoms with Crippen molar-refractivity contribution < 1.29 is 9.53 Å². The SMILES string of the molecule is CCCC(I)CCCC(CCC)CCCC(=O)Oc1ccc(C2CCC(C)CC2)cc1. The van der Waals surface area contributed by atoms with Crippen LogP contribution in [0.3, 0.4) is 0 Å². The molecule has 0 heterocycles. The van der Waals surface area contributed by atoms with Crippen LogP contribution in [0, 0.1) is 11.8 Å². The monoisotopic (exact) mass is 540 g/mol. The number of carbonyl (C=O) groups excluding carboxylic acids is 1. The number of rotatable bonds is 14. The maximum absolute atomic E-state index is 12.3. The highest BCUT2D eigenvalue weighted by molar-refractivity contribution is 14.1. The smallest absolute Gasteiger partial charge is 0.311 e. The summed E-state index contributed by atoms with van der Waals surface area (Å²) in [5.74, 6) is 2.94. The Kier molecular flexibility index (Phi) is 13.2. The van der Waals surface area contributed by atoms with Gasteiger partial charge >= 0.3 is 5.97 Å². The normalized spacial score (nSPS) is 20.9. The summed E-state index contributed by atoms with van der Waals surface area (Å²) in [5.41, 5.74) is 1.40. The lowest BCUT2D eigenvalue weighted by molar-refractivity contribution is -0.134. The Hall–Kier alpha value is -0.580. The van der Waals surface area contributed by atoms with Gasteiger partial charge in [-0.1, -0.05) is 100 Å². The van der Waals surface area contributed by atoms with Crippen LogP contribution in [0.1, 0.15) is 122 Å². The van der Waals surface area contributed by atoms with E-state index in [1.54, 1.807) is 0 Å². The van der Waals surface area contributed by atoms with Gasteiger partial charge in [-0.2, -0.15) is 0 Å². The number of benzene rings is 1. The van der Waals surface area contributed by atoms with Crippen molar-refractivity contribution in [3.05, 3.63) is 29.8 Å². The fourth-order valence-electron chi connectivity index (χ4n) is 5.05. The van der Waals surface area contributed by atoms with Gasteiger partial charge in [0.1, 0.15) is 5.75 Å². The van der Waals surface area contributed by atoms with E-state index in [0.717, 1.165) is 28.6 Å². The summed E-state index contributed by atoms with van der Waals surface area (Å²) in [4.78, 5) is 12.3. The molecular weight excluding hydrogens is 495 g/mol. The van der Waals surface area contributed by atoms with Crippen LogP contribution in [0.2, 0.25) is 0 Å². The van der Waals surface area contributed by atoms with E-state index in [2.05, 4.69) is 55.5 Å². The van der Waals surface area contributed by atoms with Crippen molar-refractivity contribution in [1.29, 1.82) is 0 Å². The summed E-state index contributed by atoms with van der Waals surface area (Å²) in [6.45, 7) is 6.91. The minimum absolute atomic E-state index is 0.0789. The van der Waals surface area contributed by atoms with Gasteiger partial charge in [0.05, 0.1) is 0 Å². The molecule has 0 spiro atoms. The molecule has 0 saturated heterocycles. The zero-order chi connectivity index (χ0) is 22.5. The van der Waals surface area contributed by atoms with E-state index in [4.69, 9.17) is 4.74 Å². The largest absolute Gasteiger partial charge is 0.427 e. The topological polar surface area (TPSA) is 26.3 Å². The lowest BCUT2D eigenvalue weighted by atomic mass is 9.79. The summed E-state index contributed by atoms with van der Waals surface area (Å²) in [6.07, 6.45) is 17.0. The molecule has 2 unspecified atom stereocenters. The van der Waals surface area contributed by atoms with Gasteiger partial charge in [-0.15, -0.1) is 0 Å². The van der Waals surface area contributed by atoms with Crippen LogP contribution in [-0.4, -0.2) is 9.89 Å². The fraction of sp³-hybridized carbons (Fsp3) is 0.750. The van der Waals surface area contributed by atoms with Crippen LogP contribution in [0.15, 0.2) is 24.3 Å². The van der Waals surface area contributed by atoms with Crippen LogP contribution in [0.25, 0.3) is 0 Å². The molecule has 1 aromatic rings. The number of esters is 1. The number of hydrogen-bond acceptors (Lipinski definition) is 2. The number of halogens is 1. The Bertz CT molecular complexity index is 604. The molecule has 1 aliphatic carbocycles. The van der Waals surface area contributed by atoms with Gasteiger partial charge in [0.25, 0.3) is 0 Å². The van der Waals surface area contributed by atoms with Crippen LogP contribution in [0.5, 0.6) is 5.75 Å². The lowest BCUT2D eigenvalue weighted by Gasteiger charge is -2.26. The molecule has 176 valence electrons. The molecule has 0 aliphatic heterocycles. The van der Waals surface area contributed by atoms with Crippen LogP contribution >= 0.6 is 22.6 Å². The molecule has 0 bridgehead atoms. The van der Waals surface area contributed by atoms with Crippen molar-refractivity contribution in [2.24, 2.45) is 11.8 Å². The number of alkyl halides is 1. The van der Waals surface area contributed by atoms with Gasteiger partial charge < -0.3 is 4.74 Å². The van der Waals surface area contributed by atoms with Crippen LogP contribution in [0.4, 0.5) is 0 Å². The van der Waals surface area contributed by atoms with E-state index in [0.29, 0.717) is 18.1 Å². The van der Waals surface area contributed by atoms with Gasteiger partial charge in [0.2, 0.25) is 0 Å². The first kappa shape index (κ1) is 26.7. The van der Waals surface area contributed by atoms with E-state index in [1.165, 1.54) is 76.2 Å². The highest BCUT2D eigenvalue weighted by Gasteiger charge is 2.19. The molecule has 31 heavy (non-hydrogen) atoms. The average molecular weight is 541 g/mol. The van der Waals surface area contributed by atoms with Crippen LogP contribution < -0.4 is 4.74 Å². The van der Waals surface area contributed by atoms with Gasteiger partial charge in [-0.3, -0.25) is 4.79 Å². The third-order valence-electron chi connectivity index (χ3n) is 7.02. The number of hydrogen-bond donors (Lipinski definition) is 0. The van der Waals surface area contributed by atoms with E-state index < -0.39 is 0 Å². The van der Waals surface area contributed by atoms with E-state index in [1.807, 2.05) is 12.1 Å². The third kappa shape index (κ3) is 10.7. The maximum atomic E-state index is 12.3. The van der Waals surface area contributed by atoms with Crippen molar-refractivity contribution in [3.63, 3.8) is 0 Å². The predicted octanol–water partition coefficient (Wildman–Crippen LogP) is 9.25.